The van der Waals surface area contributed by atoms with Gasteiger partial charge in [-0.25, -0.2) is 24.4 Å². The van der Waals surface area contributed by atoms with Crippen LogP contribution in [-0.4, -0.2) is 56.3 Å². The van der Waals surface area contributed by atoms with Crippen LogP contribution in [0.15, 0.2) is 36.2 Å². The summed E-state index contributed by atoms with van der Waals surface area (Å²) in [5, 5.41) is 8.99. The van der Waals surface area contributed by atoms with Crippen molar-refractivity contribution in [1.29, 1.82) is 0 Å². The van der Waals surface area contributed by atoms with Gasteiger partial charge in [-0.2, -0.15) is 5.10 Å². The summed E-state index contributed by atoms with van der Waals surface area (Å²) in [5.74, 6) is 0.607. The van der Waals surface area contributed by atoms with Crippen LogP contribution in [0.5, 0.6) is 0 Å². The summed E-state index contributed by atoms with van der Waals surface area (Å²) >= 11 is 1.21. The first-order chi connectivity index (χ1) is 14.6. The molecule has 0 spiro atoms. The van der Waals surface area contributed by atoms with E-state index >= 15 is 0 Å². The Bertz CT molecular complexity index is 1020. The number of rotatable bonds is 6. The first-order valence-corrected chi connectivity index (χ1v) is 10.5. The third kappa shape index (κ3) is 4.46. The third-order valence-electron chi connectivity index (χ3n) is 4.71. The molecule has 0 aliphatic carbocycles. The molecule has 1 atom stereocenters. The highest BCUT2D eigenvalue weighted by atomic mass is 32.1. The molecule has 1 fully saturated rings. The van der Waals surface area contributed by atoms with Crippen molar-refractivity contribution in [2.45, 2.75) is 19.8 Å². The van der Waals surface area contributed by atoms with Crippen molar-refractivity contribution < 1.29 is 14.3 Å². The summed E-state index contributed by atoms with van der Waals surface area (Å²) in [4.78, 5) is 39.4. The van der Waals surface area contributed by atoms with Gasteiger partial charge in [0, 0.05) is 36.9 Å². The molecule has 4 rings (SSSR count). The van der Waals surface area contributed by atoms with Gasteiger partial charge in [0.2, 0.25) is 5.91 Å². The number of anilines is 2. The molecule has 0 saturated carbocycles. The van der Waals surface area contributed by atoms with Crippen LogP contribution in [0.1, 0.15) is 30.3 Å². The van der Waals surface area contributed by atoms with Gasteiger partial charge in [-0.3, -0.25) is 4.79 Å². The summed E-state index contributed by atoms with van der Waals surface area (Å²) in [5.41, 5.74) is 0.203. The molecule has 1 N–H and O–H groups in total. The van der Waals surface area contributed by atoms with Gasteiger partial charge in [-0.05, 0) is 25.8 Å². The lowest BCUT2D eigenvalue weighted by Crippen LogP contribution is -2.41. The van der Waals surface area contributed by atoms with Crippen molar-refractivity contribution in [2.75, 3.05) is 29.9 Å². The third-order valence-corrected chi connectivity index (χ3v) is 5.47. The fourth-order valence-corrected chi connectivity index (χ4v) is 3.96. The average Bonchev–Trinajstić information content (AvgIpc) is 3.47. The molecule has 1 aliphatic rings. The van der Waals surface area contributed by atoms with E-state index in [1.165, 1.54) is 17.7 Å². The molecule has 10 nitrogen and oxygen atoms in total. The lowest BCUT2D eigenvalue weighted by atomic mass is 9.97. The molecule has 4 heterocycles. The smallest absolute Gasteiger partial charge is 0.357 e. The molecule has 0 bridgehead atoms. The van der Waals surface area contributed by atoms with Gasteiger partial charge in [-0.1, -0.05) is 0 Å². The molecule has 3 aromatic heterocycles. The number of nitrogens with one attached hydrogen (secondary N) is 1. The van der Waals surface area contributed by atoms with Crippen molar-refractivity contribution in [1.82, 2.24) is 24.7 Å². The highest BCUT2D eigenvalue weighted by molar-refractivity contribution is 7.14. The number of esters is 1. The highest BCUT2D eigenvalue weighted by Crippen LogP contribution is 2.24. The van der Waals surface area contributed by atoms with Gasteiger partial charge in [0.1, 0.15) is 12.1 Å². The SMILES string of the molecule is CCOC(=O)c1csc(NC(=O)[C@@H]2CCCN(c3cc(-n4cccn4)ncn3)C2)n1. The van der Waals surface area contributed by atoms with E-state index in [-0.39, 0.29) is 24.1 Å². The Labute approximate surface area is 176 Å². The lowest BCUT2D eigenvalue weighted by molar-refractivity contribution is -0.120. The van der Waals surface area contributed by atoms with Crippen molar-refractivity contribution in [3.05, 3.63) is 41.9 Å². The predicted octanol–water partition coefficient (Wildman–Crippen LogP) is 2.15. The molecule has 3 aromatic rings. The standard InChI is InChI=1S/C19H21N7O3S/c1-2-29-18(28)14-11-30-19(23-14)24-17(27)13-5-3-7-25(10-13)15-9-16(21-12-20-15)26-8-4-6-22-26/h4,6,8-9,11-13H,2-3,5,7,10H2,1H3,(H,23,24,27)/t13-/m1/s1. The molecule has 0 radical (unpaired) electrons. The number of hydrogen-bond acceptors (Lipinski definition) is 9. The molecule has 0 aromatic carbocycles. The maximum Gasteiger partial charge on any atom is 0.357 e. The number of nitrogens with zero attached hydrogens (tertiary/aromatic N) is 6. The number of ether oxygens (including phenoxy) is 1. The van der Waals surface area contributed by atoms with Crippen LogP contribution in [0.3, 0.4) is 0 Å². The first kappa shape index (κ1) is 20.0. The summed E-state index contributed by atoms with van der Waals surface area (Å²) in [6, 6.07) is 3.69. The maximum atomic E-state index is 12.8. The lowest BCUT2D eigenvalue weighted by Gasteiger charge is -2.32. The zero-order chi connectivity index (χ0) is 20.9. The van der Waals surface area contributed by atoms with Crippen molar-refractivity contribution in [3.8, 4) is 5.82 Å². The number of piperidine rings is 1. The number of hydrogen-bond donors (Lipinski definition) is 1. The second-order valence-corrected chi connectivity index (χ2v) is 7.58. The number of thiazole rings is 1. The Morgan fingerprint density at radius 1 is 1.33 bits per heavy atom. The number of amides is 1. The molecule has 156 valence electrons. The van der Waals surface area contributed by atoms with E-state index in [0.717, 1.165) is 25.2 Å². The molecule has 0 unspecified atom stereocenters. The Balaban J connectivity index is 1.41. The Morgan fingerprint density at radius 2 is 2.20 bits per heavy atom. The van der Waals surface area contributed by atoms with E-state index in [9.17, 15) is 9.59 Å². The van der Waals surface area contributed by atoms with E-state index in [0.29, 0.717) is 17.5 Å². The molecule has 11 heteroatoms. The van der Waals surface area contributed by atoms with E-state index < -0.39 is 5.97 Å². The minimum atomic E-state index is -0.491. The largest absolute Gasteiger partial charge is 0.461 e. The Hall–Kier alpha value is -3.34. The number of carbonyl (C=O) groups is 2. The van der Waals surface area contributed by atoms with E-state index in [1.807, 2.05) is 18.3 Å². The zero-order valence-electron chi connectivity index (χ0n) is 16.4. The van der Waals surface area contributed by atoms with E-state index in [2.05, 4.69) is 30.3 Å². The van der Waals surface area contributed by atoms with Gasteiger partial charge in [0.15, 0.2) is 16.6 Å². The van der Waals surface area contributed by atoms with Crippen LogP contribution in [0, 0.1) is 5.92 Å². The predicted molar refractivity (Wildman–Crippen MR) is 111 cm³/mol. The van der Waals surface area contributed by atoms with Crippen LogP contribution >= 0.6 is 11.3 Å². The van der Waals surface area contributed by atoms with Crippen molar-refractivity contribution in [2.24, 2.45) is 5.92 Å². The zero-order valence-corrected chi connectivity index (χ0v) is 17.2. The molecular weight excluding hydrogens is 406 g/mol. The highest BCUT2D eigenvalue weighted by Gasteiger charge is 2.27. The van der Waals surface area contributed by atoms with Gasteiger partial charge < -0.3 is 15.0 Å². The normalized spacial score (nSPS) is 16.3. The molecule has 1 saturated heterocycles. The van der Waals surface area contributed by atoms with Crippen molar-refractivity contribution in [3.63, 3.8) is 0 Å². The molecule has 1 aliphatic heterocycles. The van der Waals surface area contributed by atoms with E-state index in [4.69, 9.17) is 4.74 Å². The van der Waals surface area contributed by atoms with Gasteiger partial charge in [-0.15, -0.1) is 11.3 Å². The number of carbonyl (C=O) groups excluding carboxylic acids is 2. The van der Waals surface area contributed by atoms with Gasteiger partial charge in [0.05, 0.1) is 12.5 Å². The fourth-order valence-electron chi connectivity index (χ4n) is 3.28. The summed E-state index contributed by atoms with van der Waals surface area (Å²) in [6.45, 7) is 3.36. The first-order valence-electron chi connectivity index (χ1n) is 9.64. The quantitative estimate of drug-likeness (QED) is 0.595. The van der Waals surface area contributed by atoms with Crippen LogP contribution in [0.2, 0.25) is 0 Å². The minimum absolute atomic E-state index is 0.120. The maximum absolute atomic E-state index is 12.8. The average molecular weight is 427 g/mol. The van der Waals surface area contributed by atoms with Crippen LogP contribution < -0.4 is 10.2 Å². The topological polar surface area (TPSA) is 115 Å². The van der Waals surface area contributed by atoms with Crippen LogP contribution in [0.4, 0.5) is 10.9 Å². The summed E-state index contributed by atoms with van der Waals surface area (Å²) in [6.07, 6.45) is 6.65. The Morgan fingerprint density at radius 3 is 3.00 bits per heavy atom. The van der Waals surface area contributed by atoms with Crippen molar-refractivity contribution >= 4 is 34.2 Å². The number of aromatic nitrogens is 5. The second-order valence-electron chi connectivity index (χ2n) is 6.72. The monoisotopic (exact) mass is 427 g/mol. The second kappa shape index (κ2) is 8.99. The Kier molecular flexibility index (Phi) is 5.98. The minimum Gasteiger partial charge on any atom is -0.461 e. The molecule has 1 amide bonds. The molecular formula is C19H21N7O3S. The van der Waals surface area contributed by atoms with Gasteiger partial charge in [0.25, 0.3) is 0 Å². The summed E-state index contributed by atoms with van der Waals surface area (Å²) in [7, 11) is 0. The van der Waals surface area contributed by atoms with Crippen LogP contribution in [0.25, 0.3) is 5.82 Å². The molecule has 30 heavy (non-hydrogen) atoms. The fraction of sp³-hybridized carbons (Fsp3) is 0.368. The van der Waals surface area contributed by atoms with Gasteiger partial charge >= 0.3 is 5.97 Å². The summed E-state index contributed by atoms with van der Waals surface area (Å²) < 4.78 is 6.60. The van der Waals surface area contributed by atoms with Crippen LogP contribution in [-0.2, 0) is 9.53 Å². The van der Waals surface area contributed by atoms with E-state index in [1.54, 1.807) is 23.2 Å².